The Balaban J connectivity index is 2.41. The van der Waals surface area contributed by atoms with Crippen molar-refractivity contribution >= 4 is 11.8 Å². The molecular formula is C8H17NOS. The molecule has 1 heterocycles. The van der Waals surface area contributed by atoms with E-state index in [1.807, 2.05) is 11.8 Å². The van der Waals surface area contributed by atoms with Crippen LogP contribution < -0.4 is 5.90 Å². The van der Waals surface area contributed by atoms with Crippen LogP contribution in [0.2, 0.25) is 0 Å². The van der Waals surface area contributed by atoms with Crippen LogP contribution in [0.15, 0.2) is 0 Å². The van der Waals surface area contributed by atoms with Crippen LogP contribution in [-0.4, -0.2) is 18.1 Å². The molecule has 0 aromatic carbocycles. The maximum absolute atomic E-state index is 5.08. The summed E-state index contributed by atoms with van der Waals surface area (Å²) in [5.41, 5.74) is 0.262. The quantitative estimate of drug-likeness (QED) is 0.662. The van der Waals surface area contributed by atoms with Crippen molar-refractivity contribution < 1.29 is 4.84 Å². The van der Waals surface area contributed by atoms with E-state index >= 15 is 0 Å². The first-order valence-corrected chi connectivity index (χ1v) is 5.22. The second-order valence-corrected chi connectivity index (χ2v) is 5.01. The summed E-state index contributed by atoms with van der Waals surface area (Å²) in [5.74, 6) is 8.44. The van der Waals surface area contributed by atoms with Gasteiger partial charge in [0.05, 0.1) is 6.61 Å². The Kier molecular flexibility index (Phi) is 3.22. The van der Waals surface area contributed by atoms with Gasteiger partial charge in [-0.05, 0) is 29.3 Å². The van der Waals surface area contributed by atoms with Gasteiger partial charge in [-0.3, -0.25) is 0 Å². The van der Waals surface area contributed by atoms with Gasteiger partial charge < -0.3 is 4.84 Å². The lowest BCUT2D eigenvalue weighted by atomic mass is 9.79. The van der Waals surface area contributed by atoms with Crippen LogP contribution in [0, 0.1) is 11.3 Å². The van der Waals surface area contributed by atoms with Gasteiger partial charge in [-0.1, -0.05) is 13.8 Å². The predicted octanol–water partition coefficient (Wildman–Crippen LogP) is 1.66. The molecule has 1 saturated heterocycles. The van der Waals surface area contributed by atoms with Gasteiger partial charge in [-0.2, -0.15) is 11.8 Å². The summed E-state index contributed by atoms with van der Waals surface area (Å²) in [5, 5.41) is 0. The molecule has 0 saturated carbocycles. The highest BCUT2D eigenvalue weighted by atomic mass is 32.2. The molecule has 0 radical (unpaired) electrons. The first-order chi connectivity index (χ1) is 5.17. The van der Waals surface area contributed by atoms with Gasteiger partial charge in [0.1, 0.15) is 0 Å². The van der Waals surface area contributed by atoms with Crippen LogP contribution >= 0.6 is 11.8 Å². The number of rotatable bonds is 3. The van der Waals surface area contributed by atoms with Crippen molar-refractivity contribution in [3.8, 4) is 0 Å². The normalized spacial score (nSPS) is 25.9. The summed E-state index contributed by atoms with van der Waals surface area (Å²) >= 11 is 2.04. The zero-order valence-electron chi connectivity index (χ0n) is 7.30. The summed E-state index contributed by atoms with van der Waals surface area (Å²) in [7, 11) is 0. The largest absolute Gasteiger partial charge is 0.304 e. The number of nitrogens with two attached hydrogens (primary N) is 1. The zero-order valence-corrected chi connectivity index (χ0v) is 8.12. The molecule has 1 aliphatic rings. The van der Waals surface area contributed by atoms with E-state index in [9.17, 15) is 0 Å². The second-order valence-electron chi connectivity index (χ2n) is 3.86. The van der Waals surface area contributed by atoms with Crippen molar-refractivity contribution in [3.05, 3.63) is 0 Å². The van der Waals surface area contributed by atoms with Crippen molar-refractivity contribution in [2.45, 2.75) is 20.3 Å². The molecule has 3 heteroatoms. The zero-order chi connectivity index (χ0) is 8.32. The minimum atomic E-state index is 0.262. The standard InChI is InChI=1S/C8H17NOS/c1-8(2,6-10-9)7-3-4-11-5-7/h7H,3-6,9H2,1-2H3. The van der Waals surface area contributed by atoms with Gasteiger partial charge in [-0.25, -0.2) is 5.90 Å². The third-order valence-corrected chi connectivity index (χ3v) is 3.65. The van der Waals surface area contributed by atoms with Gasteiger partial charge in [0, 0.05) is 0 Å². The van der Waals surface area contributed by atoms with Crippen LogP contribution in [0.1, 0.15) is 20.3 Å². The third kappa shape index (κ3) is 2.36. The lowest BCUT2D eigenvalue weighted by molar-refractivity contribution is 0.0347. The Morgan fingerprint density at radius 3 is 2.82 bits per heavy atom. The molecule has 0 spiro atoms. The Hall–Kier alpha value is 0.270. The molecule has 2 N–H and O–H groups in total. The monoisotopic (exact) mass is 175 g/mol. The SMILES string of the molecule is CC(C)(CON)C1CCSC1. The van der Waals surface area contributed by atoms with E-state index in [1.165, 1.54) is 17.9 Å². The molecule has 2 nitrogen and oxygen atoms in total. The van der Waals surface area contributed by atoms with Gasteiger partial charge in [0.2, 0.25) is 0 Å². The molecule has 0 amide bonds. The topological polar surface area (TPSA) is 35.2 Å². The van der Waals surface area contributed by atoms with Gasteiger partial charge in [0.25, 0.3) is 0 Å². The first kappa shape index (κ1) is 9.36. The van der Waals surface area contributed by atoms with E-state index in [0.717, 1.165) is 5.92 Å². The maximum Gasteiger partial charge on any atom is 0.0733 e. The molecule has 0 aromatic heterocycles. The van der Waals surface area contributed by atoms with Crippen LogP contribution in [0.5, 0.6) is 0 Å². The average Bonchev–Trinajstić information content (AvgIpc) is 2.37. The summed E-state index contributed by atoms with van der Waals surface area (Å²) in [6.07, 6.45) is 1.32. The summed E-state index contributed by atoms with van der Waals surface area (Å²) in [4.78, 5) is 4.71. The van der Waals surface area contributed by atoms with E-state index in [2.05, 4.69) is 13.8 Å². The molecule has 1 rings (SSSR count). The fraction of sp³-hybridized carbons (Fsp3) is 1.00. The molecule has 1 fully saturated rings. The molecule has 66 valence electrons. The minimum Gasteiger partial charge on any atom is -0.304 e. The smallest absolute Gasteiger partial charge is 0.0733 e. The Labute approximate surface area is 72.8 Å². The van der Waals surface area contributed by atoms with Crippen LogP contribution in [0.3, 0.4) is 0 Å². The van der Waals surface area contributed by atoms with Crippen LogP contribution in [0.4, 0.5) is 0 Å². The van der Waals surface area contributed by atoms with E-state index in [0.29, 0.717) is 6.61 Å². The molecule has 1 aliphatic heterocycles. The van der Waals surface area contributed by atoms with E-state index in [1.54, 1.807) is 0 Å². The van der Waals surface area contributed by atoms with Crippen molar-refractivity contribution in [2.75, 3.05) is 18.1 Å². The van der Waals surface area contributed by atoms with Gasteiger partial charge >= 0.3 is 0 Å². The van der Waals surface area contributed by atoms with Crippen molar-refractivity contribution in [3.63, 3.8) is 0 Å². The van der Waals surface area contributed by atoms with Gasteiger partial charge in [0.15, 0.2) is 0 Å². The van der Waals surface area contributed by atoms with E-state index in [-0.39, 0.29) is 5.41 Å². The molecule has 1 atom stereocenters. The lowest BCUT2D eigenvalue weighted by Gasteiger charge is -2.29. The highest BCUT2D eigenvalue weighted by Crippen LogP contribution is 2.37. The van der Waals surface area contributed by atoms with E-state index < -0.39 is 0 Å². The summed E-state index contributed by atoms with van der Waals surface area (Å²) in [6.45, 7) is 5.14. The van der Waals surface area contributed by atoms with Crippen LogP contribution in [-0.2, 0) is 4.84 Å². The molecule has 0 aromatic rings. The van der Waals surface area contributed by atoms with Crippen molar-refractivity contribution in [1.82, 2.24) is 0 Å². The van der Waals surface area contributed by atoms with E-state index in [4.69, 9.17) is 10.7 Å². The van der Waals surface area contributed by atoms with Gasteiger partial charge in [-0.15, -0.1) is 0 Å². The molecule has 11 heavy (non-hydrogen) atoms. The predicted molar refractivity (Wildman–Crippen MR) is 49.4 cm³/mol. The fourth-order valence-corrected chi connectivity index (χ4v) is 3.00. The van der Waals surface area contributed by atoms with Crippen LogP contribution in [0.25, 0.3) is 0 Å². The number of thioether (sulfide) groups is 1. The Morgan fingerprint density at radius 1 is 1.64 bits per heavy atom. The van der Waals surface area contributed by atoms with Crippen molar-refractivity contribution in [2.24, 2.45) is 17.2 Å². The maximum atomic E-state index is 5.08. The second kappa shape index (κ2) is 3.78. The lowest BCUT2D eigenvalue weighted by Crippen LogP contribution is -2.30. The third-order valence-electron chi connectivity index (χ3n) is 2.49. The first-order valence-electron chi connectivity index (χ1n) is 4.06. The molecular weight excluding hydrogens is 158 g/mol. The summed E-state index contributed by atoms with van der Waals surface area (Å²) in [6, 6.07) is 0. The number of hydrogen-bond acceptors (Lipinski definition) is 3. The Bertz CT molecular complexity index is 121. The molecule has 0 aliphatic carbocycles. The average molecular weight is 175 g/mol. The van der Waals surface area contributed by atoms with Crippen molar-refractivity contribution in [1.29, 1.82) is 0 Å². The molecule has 1 unspecified atom stereocenters. The molecule has 0 bridgehead atoms. The number of hydrogen-bond donors (Lipinski definition) is 1. The fourth-order valence-electron chi connectivity index (χ4n) is 1.48. The minimum absolute atomic E-state index is 0.262. The highest BCUT2D eigenvalue weighted by Gasteiger charge is 2.32. The highest BCUT2D eigenvalue weighted by molar-refractivity contribution is 7.99. The Morgan fingerprint density at radius 2 is 2.36 bits per heavy atom. The summed E-state index contributed by atoms with van der Waals surface area (Å²) < 4.78 is 0.